The molecule has 0 atom stereocenters. The minimum absolute atomic E-state index is 0. The monoisotopic (exact) mass is 341 g/mol. The maximum absolute atomic E-state index is 4.27. The van der Waals surface area contributed by atoms with Gasteiger partial charge in [-0.3, -0.25) is 0 Å². The minimum atomic E-state index is 0. The van der Waals surface area contributed by atoms with E-state index in [9.17, 15) is 0 Å². The van der Waals surface area contributed by atoms with Crippen LogP contribution in [-0.2, 0) is 16.8 Å². The normalized spacial score (nSPS) is 12.3. The first-order valence-corrected chi connectivity index (χ1v) is 7.55. The van der Waals surface area contributed by atoms with Crippen molar-refractivity contribution in [2.24, 2.45) is 9.98 Å². The molecule has 0 aromatic rings. The van der Waals surface area contributed by atoms with Crippen LogP contribution in [0.15, 0.2) is 9.98 Å². The zero-order valence-corrected chi connectivity index (χ0v) is 16.5. The van der Waals surface area contributed by atoms with E-state index in [1.165, 1.54) is 0 Å². The molecule has 0 bridgehead atoms. The fraction of sp³-hybridized carbons (Fsp3) is 0.875. The van der Waals surface area contributed by atoms with Gasteiger partial charge in [-0.2, -0.15) is 0 Å². The summed E-state index contributed by atoms with van der Waals surface area (Å²) in [6.45, 7) is 20.3. The second-order valence-corrected chi connectivity index (χ2v) is 5.99. The van der Waals surface area contributed by atoms with Gasteiger partial charge in [0.25, 0.3) is 0 Å². The molecule has 0 rings (SSSR count). The Hall–Kier alpha value is -0.554. The molecular weight excluding hydrogens is 307 g/mol. The summed E-state index contributed by atoms with van der Waals surface area (Å²) in [5.41, 5.74) is 0. The number of nitrogens with zero attached hydrogens (tertiary/aromatic N) is 4. The van der Waals surface area contributed by atoms with Crippen molar-refractivity contribution in [1.29, 1.82) is 0 Å². The molecule has 0 aromatic carbocycles. The Kier molecular flexibility index (Phi) is 17.4. The van der Waals surface area contributed by atoms with Crippen LogP contribution in [-0.4, -0.2) is 35.8 Å². The van der Waals surface area contributed by atoms with Crippen LogP contribution >= 0.6 is 0 Å². The zero-order valence-electron chi connectivity index (χ0n) is 15.4. The molecule has 0 saturated carbocycles. The summed E-state index contributed by atoms with van der Waals surface area (Å²) < 4.78 is 0. The van der Waals surface area contributed by atoms with E-state index < -0.39 is 0 Å². The van der Waals surface area contributed by atoms with Gasteiger partial charge in [0.1, 0.15) is 0 Å². The third-order valence-electron chi connectivity index (χ3n) is 1.78. The summed E-state index contributed by atoms with van der Waals surface area (Å²) in [5.74, 6) is 1.81. The molecule has 0 amide bonds. The van der Waals surface area contributed by atoms with E-state index in [2.05, 4.69) is 76.0 Å². The van der Waals surface area contributed by atoms with Crippen LogP contribution in [0.25, 0.3) is 10.6 Å². The Morgan fingerprint density at radius 1 is 0.619 bits per heavy atom. The van der Waals surface area contributed by atoms with Crippen molar-refractivity contribution in [2.45, 2.75) is 93.4 Å². The topological polar surface area (TPSA) is 52.9 Å². The van der Waals surface area contributed by atoms with Gasteiger partial charge in [-0.1, -0.05) is 67.1 Å². The van der Waals surface area contributed by atoms with Crippen LogP contribution in [0.1, 0.15) is 69.2 Å². The molecular formula is C16H34CoN4. The third kappa shape index (κ3) is 24.8. The molecule has 0 fully saturated rings. The van der Waals surface area contributed by atoms with Crippen LogP contribution in [0.3, 0.4) is 0 Å². The van der Waals surface area contributed by atoms with E-state index in [1.54, 1.807) is 0 Å². The fourth-order valence-electron chi connectivity index (χ4n) is 1.56. The second-order valence-electron chi connectivity index (χ2n) is 5.99. The Balaban J connectivity index is -0.000000295. The van der Waals surface area contributed by atoms with E-state index in [0.29, 0.717) is 24.2 Å². The van der Waals surface area contributed by atoms with Crippen molar-refractivity contribution >= 4 is 11.7 Å². The van der Waals surface area contributed by atoms with Gasteiger partial charge in [-0.05, 0) is 38.0 Å². The molecule has 0 aromatic heterocycles. The smallest absolute Gasteiger partial charge is 0.467 e. The Labute approximate surface area is 142 Å². The molecule has 0 aliphatic rings. The van der Waals surface area contributed by atoms with Crippen molar-refractivity contribution in [2.75, 3.05) is 0 Å². The maximum atomic E-state index is 4.27. The maximum Gasteiger partial charge on any atom is 2.00 e. The Bertz CT molecular complexity index is 265. The molecule has 0 aliphatic heterocycles. The quantitative estimate of drug-likeness (QED) is 0.499. The molecule has 0 spiro atoms. The summed E-state index contributed by atoms with van der Waals surface area (Å²) in [5, 5.41) is 8.54. The SMILES string of the molecule is CC(=NC(C)C)[N-]C(C)C.CC(=NC(C)C)[N-]C(C)C.[Co+2]. The molecule has 0 aliphatic carbocycles. The van der Waals surface area contributed by atoms with Crippen molar-refractivity contribution in [3.63, 3.8) is 0 Å². The van der Waals surface area contributed by atoms with Crippen molar-refractivity contribution in [3.05, 3.63) is 10.6 Å². The van der Waals surface area contributed by atoms with Crippen LogP contribution < -0.4 is 0 Å². The van der Waals surface area contributed by atoms with E-state index in [0.717, 1.165) is 11.7 Å². The summed E-state index contributed by atoms with van der Waals surface area (Å²) in [4.78, 5) is 8.54. The predicted molar refractivity (Wildman–Crippen MR) is 93.5 cm³/mol. The van der Waals surface area contributed by atoms with E-state index >= 15 is 0 Å². The van der Waals surface area contributed by atoms with Gasteiger partial charge in [-0.15, -0.1) is 0 Å². The number of hydrogen-bond acceptors (Lipinski definition) is 2. The standard InChI is InChI=1S/2C8H17N2.Co/c2*1-6(2)9-8(5)10-7(3)4;/h2*6-7H,1-5H3;/q2*-1;+2. The molecule has 4 nitrogen and oxygen atoms in total. The van der Waals surface area contributed by atoms with Crippen LogP contribution in [0.2, 0.25) is 0 Å². The van der Waals surface area contributed by atoms with Crippen molar-refractivity contribution in [1.82, 2.24) is 0 Å². The molecule has 1 radical (unpaired) electrons. The van der Waals surface area contributed by atoms with Crippen LogP contribution in [0, 0.1) is 0 Å². The van der Waals surface area contributed by atoms with Crippen molar-refractivity contribution in [3.8, 4) is 0 Å². The largest absolute Gasteiger partial charge is 2.00 e. The second kappa shape index (κ2) is 14.4. The van der Waals surface area contributed by atoms with Gasteiger partial charge in [-0.25, -0.2) is 0 Å². The van der Waals surface area contributed by atoms with Gasteiger partial charge in [0.15, 0.2) is 0 Å². The average Bonchev–Trinajstić information content (AvgIpc) is 2.11. The first kappa shape index (κ1) is 25.4. The van der Waals surface area contributed by atoms with Gasteiger partial charge >= 0.3 is 16.8 Å². The van der Waals surface area contributed by atoms with Crippen LogP contribution in [0.4, 0.5) is 0 Å². The van der Waals surface area contributed by atoms with E-state index in [1.807, 2.05) is 13.8 Å². The number of hydrogen-bond donors (Lipinski definition) is 0. The van der Waals surface area contributed by atoms with Gasteiger partial charge in [0.05, 0.1) is 0 Å². The molecule has 5 heteroatoms. The molecule has 0 saturated heterocycles. The number of amidine groups is 2. The van der Waals surface area contributed by atoms with E-state index in [4.69, 9.17) is 0 Å². The molecule has 21 heavy (non-hydrogen) atoms. The summed E-state index contributed by atoms with van der Waals surface area (Å²) in [6, 6.07) is 1.45. The zero-order chi connectivity index (χ0) is 16.3. The van der Waals surface area contributed by atoms with E-state index in [-0.39, 0.29) is 16.8 Å². The molecule has 0 unspecified atom stereocenters. The first-order valence-electron chi connectivity index (χ1n) is 7.55. The van der Waals surface area contributed by atoms with Crippen LogP contribution in [0.5, 0.6) is 0 Å². The Morgan fingerprint density at radius 3 is 1.00 bits per heavy atom. The first-order chi connectivity index (χ1) is 9.04. The summed E-state index contributed by atoms with van der Waals surface area (Å²) >= 11 is 0. The van der Waals surface area contributed by atoms with Gasteiger partial charge < -0.3 is 20.6 Å². The number of rotatable bonds is 4. The number of aliphatic imine (C=N–C) groups is 2. The third-order valence-corrected chi connectivity index (χ3v) is 1.78. The molecule has 127 valence electrons. The molecule has 0 heterocycles. The summed E-state index contributed by atoms with van der Waals surface area (Å²) in [6.07, 6.45) is 0. The fourth-order valence-corrected chi connectivity index (χ4v) is 1.56. The van der Waals surface area contributed by atoms with Gasteiger partial charge in [0, 0.05) is 0 Å². The molecule has 0 N–H and O–H groups in total. The van der Waals surface area contributed by atoms with Gasteiger partial charge in [0.2, 0.25) is 0 Å². The predicted octanol–water partition coefficient (Wildman–Crippen LogP) is 5.19. The average molecular weight is 341 g/mol. The summed E-state index contributed by atoms with van der Waals surface area (Å²) in [7, 11) is 0. The van der Waals surface area contributed by atoms with Crippen molar-refractivity contribution < 1.29 is 16.8 Å². The Morgan fingerprint density at radius 2 is 0.857 bits per heavy atom. The minimum Gasteiger partial charge on any atom is -0.467 e.